The molecule has 0 aromatic heterocycles. The standard InChI is InChI=1S/C20H22F3NO2/c1-24-11-5-2-6-12-26-14-9-10-16-15-7-3-4-8-17(15)19(25,18(16)13-14)20(21,22)23/h3-4,7-10,13,24-25H,2,5-6,11-12H2,1H3. The summed E-state index contributed by atoms with van der Waals surface area (Å²) in [6.45, 7) is 1.36. The maximum atomic E-state index is 13.8. The van der Waals surface area contributed by atoms with Crippen molar-refractivity contribution < 1.29 is 23.0 Å². The molecule has 140 valence electrons. The molecule has 0 heterocycles. The number of benzene rings is 2. The van der Waals surface area contributed by atoms with Crippen molar-refractivity contribution in [2.75, 3.05) is 20.2 Å². The van der Waals surface area contributed by atoms with Crippen molar-refractivity contribution in [3.63, 3.8) is 0 Å². The Labute approximate surface area is 150 Å². The van der Waals surface area contributed by atoms with Crippen LogP contribution in [0, 0.1) is 0 Å². The van der Waals surface area contributed by atoms with E-state index in [9.17, 15) is 18.3 Å². The van der Waals surface area contributed by atoms with Crippen molar-refractivity contribution in [3.05, 3.63) is 53.6 Å². The van der Waals surface area contributed by atoms with Gasteiger partial charge in [0.05, 0.1) is 6.61 Å². The SMILES string of the molecule is CNCCCCCOc1ccc2c(c1)C(O)(C(F)(F)F)c1ccccc1-2. The first-order valence-electron chi connectivity index (χ1n) is 8.70. The molecule has 1 aliphatic rings. The van der Waals surface area contributed by atoms with Crippen LogP contribution in [0.4, 0.5) is 13.2 Å². The lowest BCUT2D eigenvalue weighted by atomic mass is 9.91. The van der Waals surface area contributed by atoms with Gasteiger partial charge in [0.25, 0.3) is 0 Å². The van der Waals surface area contributed by atoms with Gasteiger partial charge in [0.2, 0.25) is 5.60 Å². The number of alkyl halides is 3. The number of unbranched alkanes of at least 4 members (excludes halogenated alkanes) is 2. The third-order valence-corrected chi connectivity index (χ3v) is 4.74. The Hall–Kier alpha value is -2.05. The summed E-state index contributed by atoms with van der Waals surface area (Å²) in [6.07, 6.45) is -2.00. The summed E-state index contributed by atoms with van der Waals surface area (Å²) in [6, 6.07) is 10.7. The Balaban J connectivity index is 1.84. The molecule has 1 aliphatic carbocycles. The van der Waals surface area contributed by atoms with Crippen LogP contribution >= 0.6 is 0 Å². The fraction of sp³-hybridized carbons (Fsp3) is 0.400. The molecule has 6 heteroatoms. The molecule has 26 heavy (non-hydrogen) atoms. The van der Waals surface area contributed by atoms with Gasteiger partial charge in [0.15, 0.2) is 0 Å². The van der Waals surface area contributed by atoms with Gasteiger partial charge in [0.1, 0.15) is 5.75 Å². The maximum Gasteiger partial charge on any atom is 0.425 e. The third-order valence-electron chi connectivity index (χ3n) is 4.74. The highest BCUT2D eigenvalue weighted by molar-refractivity contribution is 5.81. The molecular formula is C20H22F3NO2. The van der Waals surface area contributed by atoms with E-state index in [0.29, 0.717) is 23.5 Å². The van der Waals surface area contributed by atoms with E-state index in [-0.39, 0.29) is 11.1 Å². The van der Waals surface area contributed by atoms with Crippen LogP contribution < -0.4 is 10.1 Å². The number of fused-ring (bicyclic) bond motifs is 3. The fourth-order valence-corrected chi connectivity index (χ4v) is 3.40. The summed E-state index contributed by atoms with van der Waals surface area (Å²) in [7, 11) is 1.89. The van der Waals surface area contributed by atoms with Crippen molar-refractivity contribution >= 4 is 0 Å². The molecule has 2 aromatic rings. The summed E-state index contributed by atoms with van der Waals surface area (Å²) in [5, 5.41) is 13.7. The lowest BCUT2D eigenvalue weighted by molar-refractivity contribution is -0.246. The van der Waals surface area contributed by atoms with Crippen LogP contribution in [-0.4, -0.2) is 31.5 Å². The number of hydrogen-bond acceptors (Lipinski definition) is 3. The van der Waals surface area contributed by atoms with Crippen LogP contribution in [-0.2, 0) is 5.60 Å². The summed E-state index contributed by atoms with van der Waals surface area (Å²) >= 11 is 0. The summed E-state index contributed by atoms with van der Waals surface area (Å²) in [4.78, 5) is 0. The normalized spacial score (nSPS) is 18.5. The zero-order chi connectivity index (χ0) is 18.8. The van der Waals surface area contributed by atoms with Gasteiger partial charge >= 0.3 is 6.18 Å². The summed E-state index contributed by atoms with van der Waals surface area (Å²) < 4.78 is 46.9. The second kappa shape index (κ2) is 7.29. The molecule has 0 saturated heterocycles. The predicted octanol–water partition coefficient (Wildman–Crippen LogP) is 4.23. The van der Waals surface area contributed by atoms with Crippen LogP contribution in [0.25, 0.3) is 11.1 Å². The van der Waals surface area contributed by atoms with E-state index >= 15 is 0 Å². The molecule has 0 amide bonds. The van der Waals surface area contributed by atoms with Gasteiger partial charge < -0.3 is 15.2 Å². The Kier molecular flexibility index (Phi) is 5.25. The van der Waals surface area contributed by atoms with Crippen LogP contribution in [0.2, 0.25) is 0 Å². The molecule has 1 atom stereocenters. The van der Waals surface area contributed by atoms with Crippen LogP contribution in [0.5, 0.6) is 5.75 Å². The van der Waals surface area contributed by atoms with Crippen LogP contribution in [0.15, 0.2) is 42.5 Å². The highest BCUT2D eigenvalue weighted by Gasteiger charge is 2.60. The average Bonchev–Trinajstić information content (AvgIpc) is 2.88. The number of hydrogen-bond donors (Lipinski definition) is 2. The summed E-state index contributed by atoms with van der Waals surface area (Å²) in [5.74, 6) is 0.341. The molecule has 1 unspecified atom stereocenters. The second-order valence-electron chi connectivity index (χ2n) is 6.47. The quantitative estimate of drug-likeness (QED) is 0.722. The average molecular weight is 365 g/mol. The van der Waals surface area contributed by atoms with Gasteiger partial charge in [0, 0.05) is 11.1 Å². The van der Waals surface area contributed by atoms with E-state index in [4.69, 9.17) is 4.74 Å². The van der Waals surface area contributed by atoms with E-state index in [2.05, 4.69) is 5.32 Å². The number of ether oxygens (including phenoxy) is 1. The molecule has 2 aromatic carbocycles. The Morgan fingerprint density at radius 2 is 1.73 bits per heavy atom. The van der Waals surface area contributed by atoms with Crippen LogP contribution in [0.1, 0.15) is 30.4 Å². The third kappa shape index (κ3) is 3.19. The van der Waals surface area contributed by atoms with Crippen molar-refractivity contribution in [1.29, 1.82) is 0 Å². The molecule has 0 spiro atoms. The van der Waals surface area contributed by atoms with Gasteiger partial charge in [-0.15, -0.1) is 0 Å². The minimum Gasteiger partial charge on any atom is -0.494 e. The first-order valence-corrected chi connectivity index (χ1v) is 8.70. The number of nitrogens with one attached hydrogen (secondary N) is 1. The van der Waals surface area contributed by atoms with E-state index in [1.807, 2.05) is 7.05 Å². The molecule has 0 fully saturated rings. The van der Waals surface area contributed by atoms with E-state index in [0.717, 1.165) is 25.8 Å². The number of rotatable bonds is 7. The lowest BCUT2D eigenvalue weighted by Gasteiger charge is -2.28. The van der Waals surface area contributed by atoms with Gasteiger partial charge in [-0.2, -0.15) is 13.2 Å². The van der Waals surface area contributed by atoms with E-state index in [1.165, 1.54) is 18.2 Å². The van der Waals surface area contributed by atoms with Crippen molar-refractivity contribution in [2.45, 2.75) is 31.0 Å². The fourth-order valence-electron chi connectivity index (χ4n) is 3.40. The highest BCUT2D eigenvalue weighted by Crippen LogP contribution is 2.55. The highest BCUT2D eigenvalue weighted by atomic mass is 19.4. The van der Waals surface area contributed by atoms with E-state index in [1.54, 1.807) is 24.3 Å². The molecule has 0 radical (unpaired) electrons. The Morgan fingerprint density at radius 3 is 2.46 bits per heavy atom. The van der Waals surface area contributed by atoms with Crippen molar-refractivity contribution in [3.8, 4) is 16.9 Å². The first kappa shape index (κ1) is 18.7. The zero-order valence-electron chi connectivity index (χ0n) is 14.6. The Morgan fingerprint density at radius 1 is 1.00 bits per heavy atom. The number of aliphatic hydroxyl groups is 1. The molecular weight excluding hydrogens is 343 g/mol. The van der Waals surface area contributed by atoms with Crippen molar-refractivity contribution in [1.82, 2.24) is 5.32 Å². The minimum absolute atomic E-state index is 0.133. The predicted molar refractivity (Wildman–Crippen MR) is 94.2 cm³/mol. The van der Waals surface area contributed by atoms with Crippen LogP contribution in [0.3, 0.4) is 0 Å². The van der Waals surface area contributed by atoms with Gasteiger partial charge in [-0.05, 0) is 56.1 Å². The van der Waals surface area contributed by atoms with Gasteiger partial charge in [-0.1, -0.05) is 30.3 Å². The molecule has 0 saturated carbocycles. The topological polar surface area (TPSA) is 41.5 Å². The smallest absolute Gasteiger partial charge is 0.425 e. The number of halogens is 3. The molecule has 0 aliphatic heterocycles. The Bertz CT molecular complexity index is 776. The molecule has 0 bridgehead atoms. The van der Waals surface area contributed by atoms with Crippen molar-refractivity contribution in [2.24, 2.45) is 0 Å². The zero-order valence-corrected chi connectivity index (χ0v) is 14.6. The van der Waals surface area contributed by atoms with E-state index < -0.39 is 11.8 Å². The largest absolute Gasteiger partial charge is 0.494 e. The van der Waals surface area contributed by atoms with Gasteiger partial charge in [-0.3, -0.25) is 0 Å². The van der Waals surface area contributed by atoms with Gasteiger partial charge in [-0.25, -0.2) is 0 Å². The molecule has 2 N–H and O–H groups in total. The monoisotopic (exact) mass is 365 g/mol. The lowest BCUT2D eigenvalue weighted by Crippen LogP contribution is -2.41. The summed E-state index contributed by atoms with van der Waals surface area (Å²) in [5.41, 5.74) is -2.52. The first-order chi connectivity index (χ1) is 12.4. The molecule has 3 nitrogen and oxygen atoms in total. The maximum absolute atomic E-state index is 13.8. The molecule has 3 rings (SSSR count). The minimum atomic E-state index is -4.82. The second-order valence-corrected chi connectivity index (χ2v) is 6.47.